The summed E-state index contributed by atoms with van der Waals surface area (Å²) in [7, 11) is 0. The Labute approximate surface area is 150 Å². The van der Waals surface area contributed by atoms with E-state index in [-0.39, 0.29) is 23.5 Å². The molecule has 0 fully saturated rings. The van der Waals surface area contributed by atoms with Crippen LogP contribution in [0.3, 0.4) is 0 Å². The molecule has 0 aliphatic carbocycles. The molecule has 26 heavy (non-hydrogen) atoms. The van der Waals surface area contributed by atoms with Gasteiger partial charge >= 0.3 is 0 Å². The predicted octanol–water partition coefficient (Wildman–Crippen LogP) is 3.09. The van der Waals surface area contributed by atoms with Gasteiger partial charge in [-0.05, 0) is 18.2 Å². The molecule has 0 spiro atoms. The monoisotopic (exact) mass is 370 g/mol. The number of aromatic nitrogens is 2. The fraction of sp³-hybridized carbons (Fsp3) is 0.0625. The SMILES string of the molecule is O=C(Nc1nnc(-c2cccc([N+](=O)[O-])c2)s1)c1ccc2c(c1)OCO2. The molecular weight excluding hydrogens is 360 g/mol. The Kier molecular flexibility index (Phi) is 3.93. The molecule has 0 saturated heterocycles. The van der Waals surface area contributed by atoms with Crippen LogP contribution in [0.1, 0.15) is 10.4 Å². The molecule has 1 aromatic heterocycles. The quantitative estimate of drug-likeness (QED) is 0.554. The normalized spacial score (nSPS) is 12.0. The molecule has 0 bridgehead atoms. The topological polar surface area (TPSA) is 116 Å². The lowest BCUT2D eigenvalue weighted by Crippen LogP contribution is -2.11. The second-order valence-electron chi connectivity index (χ2n) is 5.24. The van der Waals surface area contributed by atoms with Crippen molar-refractivity contribution >= 4 is 28.1 Å². The van der Waals surface area contributed by atoms with Crippen LogP contribution in [0.15, 0.2) is 42.5 Å². The first-order chi connectivity index (χ1) is 12.6. The Morgan fingerprint density at radius 1 is 1.15 bits per heavy atom. The molecule has 2 heterocycles. The van der Waals surface area contributed by atoms with Gasteiger partial charge in [-0.2, -0.15) is 0 Å². The van der Waals surface area contributed by atoms with Crippen molar-refractivity contribution in [3.05, 3.63) is 58.1 Å². The molecule has 0 unspecified atom stereocenters. The number of nitrogens with zero attached hydrogens (tertiary/aromatic N) is 3. The summed E-state index contributed by atoms with van der Waals surface area (Å²) in [5.74, 6) is 0.725. The number of carbonyl (C=O) groups is 1. The molecule has 1 amide bonds. The summed E-state index contributed by atoms with van der Waals surface area (Å²) < 4.78 is 10.5. The third-order valence-electron chi connectivity index (χ3n) is 3.58. The number of amides is 1. The van der Waals surface area contributed by atoms with E-state index in [1.807, 2.05) is 0 Å². The van der Waals surface area contributed by atoms with Crippen molar-refractivity contribution in [2.24, 2.45) is 0 Å². The van der Waals surface area contributed by atoms with Crippen LogP contribution in [-0.4, -0.2) is 27.8 Å². The van der Waals surface area contributed by atoms with E-state index in [1.165, 1.54) is 12.1 Å². The van der Waals surface area contributed by atoms with Gasteiger partial charge in [0.2, 0.25) is 11.9 Å². The number of hydrogen-bond acceptors (Lipinski definition) is 8. The van der Waals surface area contributed by atoms with Gasteiger partial charge in [0.25, 0.3) is 11.6 Å². The van der Waals surface area contributed by atoms with E-state index in [2.05, 4.69) is 15.5 Å². The maximum absolute atomic E-state index is 12.3. The number of non-ortho nitro benzene ring substituents is 1. The van der Waals surface area contributed by atoms with Crippen molar-refractivity contribution < 1.29 is 19.2 Å². The standard InChI is InChI=1S/C16H10N4O5S/c21-14(9-4-5-12-13(7-9)25-8-24-12)17-16-19-18-15(26-16)10-2-1-3-11(6-10)20(22)23/h1-7H,8H2,(H,17,19,21). The van der Waals surface area contributed by atoms with E-state index in [9.17, 15) is 14.9 Å². The van der Waals surface area contributed by atoms with E-state index in [0.717, 1.165) is 11.3 Å². The first-order valence-corrected chi connectivity index (χ1v) is 8.21. The highest BCUT2D eigenvalue weighted by molar-refractivity contribution is 7.18. The Bertz CT molecular complexity index is 1020. The minimum atomic E-state index is -0.479. The summed E-state index contributed by atoms with van der Waals surface area (Å²) >= 11 is 1.12. The van der Waals surface area contributed by atoms with Crippen LogP contribution in [0, 0.1) is 10.1 Å². The number of hydrogen-bond donors (Lipinski definition) is 1. The van der Waals surface area contributed by atoms with Crippen LogP contribution in [-0.2, 0) is 0 Å². The van der Waals surface area contributed by atoms with Crippen molar-refractivity contribution in [2.45, 2.75) is 0 Å². The fourth-order valence-electron chi connectivity index (χ4n) is 2.35. The molecule has 0 saturated carbocycles. The van der Waals surface area contributed by atoms with Crippen molar-refractivity contribution in [1.29, 1.82) is 0 Å². The lowest BCUT2D eigenvalue weighted by atomic mass is 10.2. The van der Waals surface area contributed by atoms with Crippen molar-refractivity contribution in [3.8, 4) is 22.1 Å². The minimum Gasteiger partial charge on any atom is -0.454 e. The smallest absolute Gasteiger partial charge is 0.270 e. The highest BCUT2D eigenvalue weighted by atomic mass is 32.1. The molecular formula is C16H10N4O5S. The average Bonchev–Trinajstić information content (AvgIpc) is 3.30. The number of rotatable bonds is 4. The first-order valence-electron chi connectivity index (χ1n) is 7.39. The number of ether oxygens (including phenoxy) is 2. The van der Waals surface area contributed by atoms with Gasteiger partial charge in [-0.15, -0.1) is 10.2 Å². The number of fused-ring (bicyclic) bond motifs is 1. The summed E-state index contributed by atoms with van der Waals surface area (Å²) in [4.78, 5) is 22.7. The van der Waals surface area contributed by atoms with Crippen LogP contribution < -0.4 is 14.8 Å². The highest BCUT2D eigenvalue weighted by Gasteiger charge is 2.18. The molecule has 130 valence electrons. The molecule has 3 aromatic rings. The largest absolute Gasteiger partial charge is 0.454 e. The van der Waals surface area contributed by atoms with E-state index >= 15 is 0 Å². The van der Waals surface area contributed by atoms with Crippen LogP contribution in [0.2, 0.25) is 0 Å². The Balaban J connectivity index is 1.52. The molecule has 1 N–H and O–H groups in total. The van der Waals surface area contributed by atoms with Gasteiger partial charge in [0.1, 0.15) is 5.01 Å². The van der Waals surface area contributed by atoms with Crippen LogP contribution in [0.4, 0.5) is 10.8 Å². The molecule has 1 aliphatic rings. The molecule has 2 aromatic carbocycles. The lowest BCUT2D eigenvalue weighted by Gasteiger charge is -2.02. The van der Waals surface area contributed by atoms with Gasteiger partial charge in [-0.3, -0.25) is 20.2 Å². The summed E-state index contributed by atoms with van der Waals surface area (Å²) in [5, 5.41) is 22.2. The van der Waals surface area contributed by atoms with Gasteiger partial charge in [-0.25, -0.2) is 0 Å². The first kappa shape index (κ1) is 16.0. The molecule has 10 heteroatoms. The van der Waals surface area contributed by atoms with Crippen LogP contribution in [0.5, 0.6) is 11.5 Å². The molecule has 9 nitrogen and oxygen atoms in total. The number of benzene rings is 2. The van der Waals surface area contributed by atoms with E-state index in [1.54, 1.807) is 30.3 Å². The Morgan fingerprint density at radius 3 is 2.85 bits per heavy atom. The van der Waals surface area contributed by atoms with Gasteiger partial charge in [0.15, 0.2) is 11.5 Å². The van der Waals surface area contributed by atoms with E-state index < -0.39 is 4.92 Å². The highest BCUT2D eigenvalue weighted by Crippen LogP contribution is 2.33. The number of nitrogens with one attached hydrogen (secondary N) is 1. The van der Waals surface area contributed by atoms with Gasteiger partial charge < -0.3 is 9.47 Å². The molecule has 0 radical (unpaired) electrons. The Hall–Kier alpha value is -3.53. The maximum Gasteiger partial charge on any atom is 0.270 e. The zero-order valence-electron chi connectivity index (χ0n) is 13.0. The number of nitro groups is 1. The lowest BCUT2D eigenvalue weighted by molar-refractivity contribution is -0.384. The number of nitro benzene ring substituents is 1. The number of carbonyl (C=O) groups excluding carboxylic acids is 1. The van der Waals surface area contributed by atoms with E-state index in [0.29, 0.717) is 27.6 Å². The second-order valence-corrected chi connectivity index (χ2v) is 6.22. The van der Waals surface area contributed by atoms with Gasteiger partial charge in [-0.1, -0.05) is 23.5 Å². The predicted molar refractivity (Wildman–Crippen MR) is 92.5 cm³/mol. The average molecular weight is 370 g/mol. The molecule has 4 rings (SSSR count). The number of anilines is 1. The van der Waals surface area contributed by atoms with Crippen LogP contribution >= 0.6 is 11.3 Å². The van der Waals surface area contributed by atoms with Gasteiger partial charge in [0.05, 0.1) is 4.92 Å². The minimum absolute atomic E-state index is 0.0383. The van der Waals surface area contributed by atoms with Crippen molar-refractivity contribution in [3.63, 3.8) is 0 Å². The third-order valence-corrected chi connectivity index (χ3v) is 4.47. The molecule has 0 atom stereocenters. The summed E-state index contributed by atoms with van der Waals surface area (Å²) in [5.41, 5.74) is 0.908. The van der Waals surface area contributed by atoms with E-state index in [4.69, 9.17) is 9.47 Å². The summed E-state index contributed by atoms with van der Waals surface area (Å²) in [6.45, 7) is 0.128. The Morgan fingerprint density at radius 2 is 2.00 bits per heavy atom. The maximum atomic E-state index is 12.3. The summed E-state index contributed by atoms with van der Waals surface area (Å²) in [6.07, 6.45) is 0. The van der Waals surface area contributed by atoms with Crippen LogP contribution in [0.25, 0.3) is 10.6 Å². The van der Waals surface area contributed by atoms with Crippen molar-refractivity contribution in [2.75, 3.05) is 12.1 Å². The second kappa shape index (κ2) is 6.41. The zero-order chi connectivity index (χ0) is 18.1. The van der Waals surface area contributed by atoms with Crippen molar-refractivity contribution in [1.82, 2.24) is 10.2 Å². The summed E-state index contributed by atoms with van der Waals surface area (Å²) in [6, 6.07) is 10.9. The molecule has 1 aliphatic heterocycles. The zero-order valence-corrected chi connectivity index (χ0v) is 13.9. The van der Waals surface area contributed by atoms with Gasteiger partial charge in [0, 0.05) is 23.3 Å². The fourth-order valence-corrected chi connectivity index (χ4v) is 3.08. The third kappa shape index (κ3) is 3.05.